The molecular weight excluding hydrogens is 261 g/mol. The van der Waals surface area contributed by atoms with Gasteiger partial charge in [-0.05, 0) is 29.8 Å². The molecule has 0 aliphatic carbocycles. The number of carbonyl (C=O) groups is 1. The summed E-state index contributed by atoms with van der Waals surface area (Å²) in [6.07, 6.45) is -1.37. The van der Waals surface area contributed by atoms with E-state index in [0.717, 1.165) is 0 Å². The van der Waals surface area contributed by atoms with Crippen LogP contribution in [-0.2, 0) is 4.79 Å². The van der Waals surface area contributed by atoms with Crippen LogP contribution in [-0.4, -0.2) is 18.1 Å². The Kier molecular flexibility index (Phi) is 4.32. The van der Waals surface area contributed by atoms with Crippen LogP contribution >= 0.6 is 0 Å². The van der Waals surface area contributed by atoms with E-state index < -0.39 is 17.8 Å². The summed E-state index contributed by atoms with van der Waals surface area (Å²) in [6.45, 7) is 0. The van der Waals surface area contributed by atoms with Crippen molar-refractivity contribution >= 4 is 11.6 Å². The second-order valence-electron chi connectivity index (χ2n) is 4.14. The standard InChI is InChI=1S/C15H14FNO3/c1-20-11-8-6-10(7-9-11)14(18)15(19)17-13-5-3-2-4-12(13)16/h2-9,14,18H,1H3,(H,17,19). The molecule has 0 bridgehead atoms. The number of hydrogen-bond acceptors (Lipinski definition) is 3. The van der Waals surface area contributed by atoms with Crippen LogP contribution in [0.15, 0.2) is 48.5 Å². The SMILES string of the molecule is COc1ccc(C(O)C(=O)Nc2ccccc2F)cc1. The topological polar surface area (TPSA) is 58.6 Å². The van der Waals surface area contributed by atoms with E-state index in [0.29, 0.717) is 11.3 Å². The molecule has 1 atom stereocenters. The van der Waals surface area contributed by atoms with Crippen molar-refractivity contribution in [1.82, 2.24) is 0 Å². The maximum Gasteiger partial charge on any atom is 0.257 e. The Morgan fingerprint density at radius 1 is 1.20 bits per heavy atom. The molecule has 1 unspecified atom stereocenters. The summed E-state index contributed by atoms with van der Waals surface area (Å²) in [5.41, 5.74) is 0.435. The third-order valence-electron chi connectivity index (χ3n) is 2.81. The molecule has 0 aromatic heterocycles. The van der Waals surface area contributed by atoms with Gasteiger partial charge in [-0.3, -0.25) is 4.79 Å². The Balaban J connectivity index is 2.10. The number of rotatable bonds is 4. The molecule has 0 spiro atoms. The van der Waals surface area contributed by atoms with Crippen LogP contribution in [0.3, 0.4) is 0 Å². The maximum atomic E-state index is 13.4. The van der Waals surface area contributed by atoms with E-state index in [1.165, 1.54) is 25.3 Å². The van der Waals surface area contributed by atoms with Gasteiger partial charge in [-0.2, -0.15) is 0 Å². The smallest absolute Gasteiger partial charge is 0.257 e. The minimum atomic E-state index is -1.37. The summed E-state index contributed by atoms with van der Waals surface area (Å²) >= 11 is 0. The number of ether oxygens (including phenoxy) is 1. The molecule has 0 radical (unpaired) electrons. The van der Waals surface area contributed by atoms with Gasteiger partial charge in [0.25, 0.3) is 5.91 Å². The monoisotopic (exact) mass is 275 g/mol. The molecule has 2 N–H and O–H groups in total. The fraction of sp³-hybridized carbons (Fsp3) is 0.133. The molecule has 20 heavy (non-hydrogen) atoms. The predicted molar refractivity (Wildman–Crippen MR) is 73.0 cm³/mol. The van der Waals surface area contributed by atoms with Gasteiger partial charge < -0.3 is 15.2 Å². The van der Waals surface area contributed by atoms with E-state index in [2.05, 4.69) is 5.32 Å². The lowest BCUT2D eigenvalue weighted by Crippen LogP contribution is -2.21. The van der Waals surface area contributed by atoms with Crippen molar-refractivity contribution in [1.29, 1.82) is 0 Å². The molecule has 2 aromatic rings. The molecule has 1 amide bonds. The Labute approximate surface area is 115 Å². The molecule has 4 nitrogen and oxygen atoms in total. The molecule has 5 heteroatoms. The first kappa shape index (κ1) is 14.0. The fourth-order valence-corrected chi connectivity index (χ4v) is 1.70. The summed E-state index contributed by atoms with van der Waals surface area (Å²) in [4.78, 5) is 11.9. The molecule has 0 aliphatic heterocycles. The van der Waals surface area contributed by atoms with E-state index in [1.807, 2.05) is 0 Å². The highest BCUT2D eigenvalue weighted by Crippen LogP contribution is 2.20. The van der Waals surface area contributed by atoms with Crippen molar-refractivity contribution in [3.8, 4) is 5.75 Å². The van der Waals surface area contributed by atoms with Gasteiger partial charge in [-0.15, -0.1) is 0 Å². The number of nitrogens with one attached hydrogen (secondary N) is 1. The average Bonchev–Trinajstić information content (AvgIpc) is 2.49. The van der Waals surface area contributed by atoms with Crippen LogP contribution < -0.4 is 10.1 Å². The van der Waals surface area contributed by atoms with Crippen LogP contribution in [0, 0.1) is 5.82 Å². The number of anilines is 1. The number of aliphatic hydroxyl groups is 1. The van der Waals surface area contributed by atoms with E-state index in [-0.39, 0.29) is 5.69 Å². The van der Waals surface area contributed by atoms with E-state index >= 15 is 0 Å². The van der Waals surface area contributed by atoms with Crippen molar-refractivity contribution < 1.29 is 19.0 Å². The number of methoxy groups -OCH3 is 1. The Hall–Kier alpha value is -2.40. The summed E-state index contributed by atoms with van der Waals surface area (Å²) in [5, 5.41) is 12.3. The number of aliphatic hydroxyl groups excluding tert-OH is 1. The third kappa shape index (κ3) is 3.13. The molecule has 0 heterocycles. The highest BCUT2D eigenvalue weighted by Gasteiger charge is 2.18. The molecule has 2 rings (SSSR count). The van der Waals surface area contributed by atoms with Gasteiger partial charge in [0.2, 0.25) is 0 Å². The Morgan fingerprint density at radius 2 is 1.85 bits per heavy atom. The zero-order chi connectivity index (χ0) is 14.5. The third-order valence-corrected chi connectivity index (χ3v) is 2.81. The molecule has 0 saturated heterocycles. The Bertz CT molecular complexity index is 598. The van der Waals surface area contributed by atoms with Gasteiger partial charge in [0.05, 0.1) is 12.8 Å². The van der Waals surface area contributed by atoms with Gasteiger partial charge in [-0.1, -0.05) is 24.3 Å². The first-order chi connectivity index (χ1) is 9.61. The van der Waals surface area contributed by atoms with Gasteiger partial charge in [0.1, 0.15) is 11.6 Å². The average molecular weight is 275 g/mol. The predicted octanol–water partition coefficient (Wildman–Crippen LogP) is 2.51. The second kappa shape index (κ2) is 6.16. The van der Waals surface area contributed by atoms with Gasteiger partial charge in [-0.25, -0.2) is 4.39 Å². The van der Waals surface area contributed by atoms with E-state index in [9.17, 15) is 14.3 Å². The normalized spacial score (nSPS) is 11.8. The van der Waals surface area contributed by atoms with E-state index in [1.54, 1.807) is 30.3 Å². The zero-order valence-electron chi connectivity index (χ0n) is 10.8. The van der Waals surface area contributed by atoms with Crippen molar-refractivity contribution in [2.45, 2.75) is 6.10 Å². The first-order valence-corrected chi connectivity index (χ1v) is 5.99. The summed E-state index contributed by atoms with van der Waals surface area (Å²) in [7, 11) is 1.52. The first-order valence-electron chi connectivity index (χ1n) is 5.99. The lowest BCUT2D eigenvalue weighted by molar-refractivity contribution is -0.124. The number of para-hydroxylation sites is 1. The van der Waals surface area contributed by atoms with Crippen LogP contribution in [0.1, 0.15) is 11.7 Å². The molecular formula is C15H14FNO3. The number of benzene rings is 2. The quantitative estimate of drug-likeness (QED) is 0.901. The molecule has 0 aliphatic rings. The lowest BCUT2D eigenvalue weighted by atomic mass is 10.1. The minimum Gasteiger partial charge on any atom is -0.497 e. The number of hydrogen-bond donors (Lipinski definition) is 2. The number of carbonyl (C=O) groups excluding carboxylic acids is 1. The molecule has 0 fully saturated rings. The molecule has 104 valence electrons. The van der Waals surface area contributed by atoms with Crippen LogP contribution in [0.4, 0.5) is 10.1 Å². The molecule has 0 saturated carbocycles. The van der Waals surface area contributed by atoms with Gasteiger partial charge in [0, 0.05) is 0 Å². The van der Waals surface area contributed by atoms with Crippen molar-refractivity contribution in [3.63, 3.8) is 0 Å². The van der Waals surface area contributed by atoms with Crippen molar-refractivity contribution in [2.75, 3.05) is 12.4 Å². The summed E-state index contributed by atoms with van der Waals surface area (Å²) < 4.78 is 18.4. The van der Waals surface area contributed by atoms with Crippen LogP contribution in [0.25, 0.3) is 0 Å². The molecule has 2 aromatic carbocycles. The second-order valence-corrected chi connectivity index (χ2v) is 4.14. The van der Waals surface area contributed by atoms with Gasteiger partial charge in [0.15, 0.2) is 6.10 Å². The van der Waals surface area contributed by atoms with E-state index in [4.69, 9.17) is 4.74 Å². The maximum absolute atomic E-state index is 13.4. The van der Waals surface area contributed by atoms with Crippen LogP contribution in [0.2, 0.25) is 0 Å². The lowest BCUT2D eigenvalue weighted by Gasteiger charge is -2.12. The Morgan fingerprint density at radius 3 is 2.45 bits per heavy atom. The van der Waals surface area contributed by atoms with Gasteiger partial charge >= 0.3 is 0 Å². The van der Waals surface area contributed by atoms with Crippen molar-refractivity contribution in [3.05, 3.63) is 59.9 Å². The van der Waals surface area contributed by atoms with Crippen LogP contribution in [0.5, 0.6) is 5.75 Å². The largest absolute Gasteiger partial charge is 0.497 e. The highest BCUT2D eigenvalue weighted by molar-refractivity contribution is 5.94. The highest BCUT2D eigenvalue weighted by atomic mass is 19.1. The fourth-order valence-electron chi connectivity index (χ4n) is 1.70. The minimum absolute atomic E-state index is 0.0325. The number of halogens is 1. The number of amides is 1. The van der Waals surface area contributed by atoms with Crippen molar-refractivity contribution in [2.24, 2.45) is 0 Å². The summed E-state index contributed by atoms with van der Waals surface area (Å²) in [5.74, 6) is -0.626. The summed E-state index contributed by atoms with van der Waals surface area (Å²) in [6, 6.07) is 12.2. The zero-order valence-corrected chi connectivity index (χ0v) is 10.8.